The van der Waals surface area contributed by atoms with Crippen molar-refractivity contribution in [2.45, 2.75) is 65.1 Å². The number of piperazine rings is 1. The van der Waals surface area contributed by atoms with Gasteiger partial charge in [0.15, 0.2) is 0 Å². The maximum Gasteiger partial charge on any atom is 0.246 e. The molecular formula is C14H24N2O2. The molecule has 102 valence electrons. The Morgan fingerprint density at radius 1 is 1.28 bits per heavy atom. The molecule has 0 aromatic heterocycles. The van der Waals surface area contributed by atoms with E-state index in [-0.39, 0.29) is 29.8 Å². The highest BCUT2D eigenvalue weighted by Gasteiger charge is 2.51. The molecule has 4 atom stereocenters. The Kier molecular flexibility index (Phi) is 3.64. The Balaban J connectivity index is 2.23. The third kappa shape index (κ3) is 2.13. The molecule has 1 aliphatic heterocycles. The van der Waals surface area contributed by atoms with E-state index in [4.69, 9.17) is 0 Å². The second-order valence-electron chi connectivity index (χ2n) is 5.88. The van der Waals surface area contributed by atoms with Crippen molar-refractivity contribution in [3.63, 3.8) is 0 Å². The molecule has 1 saturated carbocycles. The van der Waals surface area contributed by atoms with Gasteiger partial charge in [-0.15, -0.1) is 0 Å². The fourth-order valence-electron chi connectivity index (χ4n) is 3.04. The zero-order chi connectivity index (χ0) is 13.4. The number of rotatable bonds is 4. The zero-order valence-electron chi connectivity index (χ0n) is 11.8. The molecule has 4 nitrogen and oxygen atoms in total. The average molecular weight is 252 g/mol. The molecule has 1 saturated heterocycles. The molecular weight excluding hydrogens is 228 g/mol. The van der Waals surface area contributed by atoms with Gasteiger partial charge in [-0.25, -0.2) is 0 Å². The highest BCUT2D eigenvalue weighted by atomic mass is 16.2. The number of nitrogens with zero attached hydrogens (tertiary/aromatic N) is 1. The summed E-state index contributed by atoms with van der Waals surface area (Å²) in [5.74, 6) is 0.915. The molecule has 0 aromatic rings. The summed E-state index contributed by atoms with van der Waals surface area (Å²) in [4.78, 5) is 26.5. The van der Waals surface area contributed by atoms with Gasteiger partial charge in [-0.3, -0.25) is 9.59 Å². The van der Waals surface area contributed by atoms with Crippen LogP contribution in [-0.2, 0) is 9.59 Å². The van der Waals surface area contributed by atoms with Crippen LogP contribution in [0, 0.1) is 11.8 Å². The maximum absolute atomic E-state index is 12.5. The highest BCUT2D eigenvalue weighted by Crippen LogP contribution is 2.41. The van der Waals surface area contributed by atoms with Gasteiger partial charge in [0.05, 0.1) is 0 Å². The summed E-state index contributed by atoms with van der Waals surface area (Å²) in [5, 5.41) is 2.86. The predicted molar refractivity (Wildman–Crippen MR) is 69.9 cm³/mol. The minimum Gasteiger partial charge on any atom is -0.343 e. The van der Waals surface area contributed by atoms with Gasteiger partial charge >= 0.3 is 0 Å². The summed E-state index contributed by atoms with van der Waals surface area (Å²) in [5.41, 5.74) is 0. The van der Waals surface area contributed by atoms with E-state index >= 15 is 0 Å². The number of nitrogens with one attached hydrogen (secondary N) is 1. The Hall–Kier alpha value is -1.06. The SMILES string of the molecule is CCC1NC(=O)C(C(C)C)N(C2CC2CC)C1=O. The number of carbonyl (C=O) groups excluding carboxylic acids is 2. The standard InChI is InChI=1S/C14H24N2O2/c1-5-9-7-11(9)16-12(8(3)4)13(17)15-10(6-2)14(16)18/h8-12H,5-7H2,1-4H3,(H,15,17). The van der Waals surface area contributed by atoms with Crippen LogP contribution in [0.5, 0.6) is 0 Å². The fraction of sp³-hybridized carbons (Fsp3) is 0.857. The van der Waals surface area contributed by atoms with E-state index in [2.05, 4.69) is 12.2 Å². The molecule has 0 spiro atoms. The highest BCUT2D eigenvalue weighted by molar-refractivity contribution is 5.97. The van der Waals surface area contributed by atoms with Gasteiger partial charge in [-0.2, -0.15) is 0 Å². The summed E-state index contributed by atoms with van der Waals surface area (Å²) in [6.45, 7) is 8.13. The van der Waals surface area contributed by atoms with E-state index in [9.17, 15) is 9.59 Å². The van der Waals surface area contributed by atoms with Crippen molar-refractivity contribution >= 4 is 11.8 Å². The van der Waals surface area contributed by atoms with Crippen molar-refractivity contribution in [3.8, 4) is 0 Å². The van der Waals surface area contributed by atoms with E-state index in [1.54, 1.807) is 0 Å². The van der Waals surface area contributed by atoms with Crippen molar-refractivity contribution in [3.05, 3.63) is 0 Å². The molecule has 4 heteroatoms. The van der Waals surface area contributed by atoms with Gasteiger partial charge in [0.25, 0.3) is 0 Å². The first-order valence-electron chi connectivity index (χ1n) is 7.13. The quantitative estimate of drug-likeness (QED) is 0.825. The van der Waals surface area contributed by atoms with E-state index in [1.165, 1.54) is 0 Å². The van der Waals surface area contributed by atoms with Gasteiger partial charge in [-0.05, 0) is 24.7 Å². The number of amides is 2. The minimum absolute atomic E-state index is 0.0261. The van der Waals surface area contributed by atoms with Crippen molar-refractivity contribution in [1.82, 2.24) is 10.2 Å². The molecule has 1 aliphatic carbocycles. The zero-order valence-corrected chi connectivity index (χ0v) is 11.8. The maximum atomic E-state index is 12.5. The molecule has 2 fully saturated rings. The van der Waals surface area contributed by atoms with Gasteiger partial charge in [0.1, 0.15) is 12.1 Å². The number of hydrogen-bond donors (Lipinski definition) is 1. The Morgan fingerprint density at radius 3 is 2.39 bits per heavy atom. The van der Waals surface area contributed by atoms with Gasteiger partial charge in [-0.1, -0.05) is 34.1 Å². The second kappa shape index (κ2) is 4.90. The first-order chi connectivity index (χ1) is 8.51. The van der Waals surface area contributed by atoms with Crippen LogP contribution in [-0.4, -0.2) is 34.8 Å². The lowest BCUT2D eigenvalue weighted by atomic mass is 9.95. The topological polar surface area (TPSA) is 49.4 Å². The molecule has 18 heavy (non-hydrogen) atoms. The largest absolute Gasteiger partial charge is 0.343 e. The molecule has 2 amide bonds. The number of carbonyl (C=O) groups is 2. The number of hydrogen-bond acceptors (Lipinski definition) is 2. The molecule has 2 aliphatic rings. The Morgan fingerprint density at radius 2 is 1.94 bits per heavy atom. The molecule has 2 rings (SSSR count). The van der Waals surface area contributed by atoms with Crippen molar-refractivity contribution in [2.24, 2.45) is 11.8 Å². The molecule has 1 heterocycles. The van der Waals surface area contributed by atoms with Crippen LogP contribution in [0.2, 0.25) is 0 Å². The second-order valence-corrected chi connectivity index (χ2v) is 5.88. The third-order valence-electron chi connectivity index (χ3n) is 4.24. The van der Waals surface area contributed by atoms with Crippen LogP contribution in [0.25, 0.3) is 0 Å². The van der Waals surface area contributed by atoms with Crippen LogP contribution < -0.4 is 5.32 Å². The molecule has 1 N–H and O–H groups in total. The van der Waals surface area contributed by atoms with E-state index < -0.39 is 0 Å². The molecule has 0 radical (unpaired) electrons. The normalized spacial score (nSPS) is 35.9. The monoisotopic (exact) mass is 252 g/mol. The van der Waals surface area contributed by atoms with Crippen molar-refractivity contribution in [2.75, 3.05) is 0 Å². The Bertz CT molecular complexity index is 354. The summed E-state index contributed by atoms with van der Waals surface area (Å²) in [6.07, 6.45) is 2.84. The van der Waals surface area contributed by atoms with Gasteiger partial charge in [0, 0.05) is 6.04 Å². The smallest absolute Gasteiger partial charge is 0.246 e. The van der Waals surface area contributed by atoms with Crippen LogP contribution in [0.1, 0.15) is 47.0 Å². The van der Waals surface area contributed by atoms with Crippen LogP contribution >= 0.6 is 0 Å². The first-order valence-corrected chi connectivity index (χ1v) is 7.13. The van der Waals surface area contributed by atoms with Crippen LogP contribution in [0.4, 0.5) is 0 Å². The van der Waals surface area contributed by atoms with Gasteiger partial charge < -0.3 is 10.2 Å². The van der Waals surface area contributed by atoms with Crippen molar-refractivity contribution < 1.29 is 9.59 Å². The average Bonchev–Trinajstić information content (AvgIpc) is 3.09. The summed E-state index contributed by atoms with van der Waals surface area (Å²) in [6, 6.07) is -0.289. The fourth-order valence-corrected chi connectivity index (χ4v) is 3.04. The lowest BCUT2D eigenvalue weighted by Crippen LogP contribution is -2.65. The summed E-state index contributed by atoms with van der Waals surface area (Å²) in [7, 11) is 0. The first kappa shape index (κ1) is 13.4. The van der Waals surface area contributed by atoms with Crippen LogP contribution in [0.3, 0.4) is 0 Å². The third-order valence-corrected chi connectivity index (χ3v) is 4.24. The van der Waals surface area contributed by atoms with E-state index in [0.29, 0.717) is 18.4 Å². The lowest BCUT2D eigenvalue weighted by Gasteiger charge is -2.41. The summed E-state index contributed by atoms with van der Waals surface area (Å²) >= 11 is 0. The summed E-state index contributed by atoms with van der Waals surface area (Å²) < 4.78 is 0. The lowest BCUT2D eigenvalue weighted by molar-refractivity contribution is -0.152. The van der Waals surface area contributed by atoms with E-state index in [0.717, 1.165) is 12.8 Å². The molecule has 0 aromatic carbocycles. The van der Waals surface area contributed by atoms with Crippen LogP contribution in [0.15, 0.2) is 0 Å². The minimum atomic E-state index is -0.314. The van der Waals surface area contributed by atoms with Crippen molar-refractivity contribution in [1.29, 1.82) is 0 Å². The Labute approximate surface area is 109 Å². The molecule has 4 unspecified atom stereocenters. The van der Waals surface area contributed by atoms with Gasteiger partial charge in [0.2, 0.25) is 11.8 Å². The van der Waals surface area contributed by atoms with E-state index in [1.807, 2.05) is 25.7 Å². The molecule has 0 bridgehead atoms. The predicted octanol–water partition coefficient (Wildman–Crippen LogP) is 1.55.